The lowest BCUT2D eigenvalue weighted by atomic mass is 10.1. The van der Waals surface area contributed by atoms with Crippen LogP contribution in [-0.4, -0.2) is 29.7 Å². The average Bonchev–Trinajstić information content (AvgIpc) is 2.42. The van der Waals surface area contributed by atoms with E-state index in [-0.39, 0.29) is 17.8 Å². The number of hydrogen-bond acceptors (Lipinski definition) is 6. The molecule has 0 aliphatic rings. The lowest BCUT2D eigenvalue weighted by molar-refractivity contribution is -0.385. The standard InChI is InChI=1S/C14H18N2O6/c1-14(2,3)22-13(18)15-8-9-5-6-10(12(17)21-4)11(7-9)16(19)20/h5-7H,8H2,1-4H3,(H,15,18). The van der Waals surface area contributed by atoms with Gasteiger partial charge in [0.2, 0.25) is 0 Å². The first-order chi connectivity index (χ1) is 10.1. The molecule has 8 heteroatoms. The third-order valence-corrected chi connectivity index (χ3v) is 2.50. The number of hydrogen-bond donors (Lipinski definition) is 1. The van der Waals surface area contributed by atoms with E-state index in [1.165, 1.54) is 18.2 Å². The van der Waals surface area contributed by atoms with Crippen molar-refractivity contribution in [3.8, 4) is 0 Å². The van der Waals surface area contributed by atoms with E-state index in [1.54, 1.807) is 20.8 Å². The Hall–Kier alpha value is -2.64. The first-order valence-electron chi connectivity index (χ1n) is 6.46. The fraction of sp³-hybridized carbons (Fsp3) is 0.429. The predicted molar refractivity (Wildman–Crippen MR) is 77.5 cm³/mol. The van der Waals surface area contributed by atoms with Crippen LogP contribution in [-0.2, 0) is 16.0 Å². The molecule has 1 amide bonds. The lowest BCUT2D eigenvalue weighted by Crippen LogP contribution is -2.32. The number of nitro groups is 1. The third kappa shape index (κ3) is 5.04. The van der Waals surface area contributed by atoms with Crippen LogP contribution < -0.4 is 5.32 Å². The van der Waals surface area contributed by atoms with Gasteiger partial charge in [-0.25, -0.2) is 9.59 Å². The van der Waals surface area contributed by atoms with Crippen molar-refractivity contribution in [2.75, 3.05) is 7.11 Å². The van der Waals surface area contributed by atoms with Gasteiger partial charge in [-0.05, 0) is 32.4 Å². The molecule has 0 bridgehead atoms. The van der Waals surface area contributed by atoms with Gasteiger partial charge in [0.25, 0.3) is 5.69 Å². The van der Waals surface area contributed by atoms with Crippen molar-refractivity contribution in [1.82, 2.24) is 5.32 Å². The number of alkyl carbamates (subject to hydrolysis) is 1. The molecule has 22 heavy (non-hydrogen) atoms. The molecule has 0 radical (unpaired) electrons. The summed E-state index contributed by atoms with van der Waals surface area (Å²) in [7, 11) is 1.14. The van der Waals surface area contributed by atoms with Gasteiger partial charge in [0, 0.05) is 12.6 Å². The Labute approximate surface area is 127 Å². The fourth-order valence-corrected chi connectivity index (χ4v) is 1.61. The summed E-state index contributed by atoms with van der Waals surface area (Å²) in [5.74, 6) is -0.793. The monoisotopic (exact) mass is 310 g/mol. The first kappa shape index (κ1) is 17.4. The Morgan fingerprint density at radius 3 is 2.45 bits per heavy atom. The number of nitro benzene ring substituents is 1. The van der Waals surface area contributed by atoms with Crippen molar-refractivity contribution < 1.29 is 24.0 Å². The smallest absolute Gasteiger partial charge is 0.407 e. The molecule has 0 saturated heterocycles. The number of carbonyl (C=O) groups is 2. The molecule has 1 rings (SSSR count). The molecule has 0 unspecified atom stereocenters. The van der Waals surface area contributed by atoms with E-state index in [4.69, 9.17) is 4.74 Å². The number of ether oxygens (including phenoxy) is 2. The molecule has 0 saturated carbocycles. The minimum atomic E-state index is -0.793. The molecule has 8 nitrogen and oxygen atoms in total. The van der Waals surface area contributed by atoms with Gasteiger partial charge in [0.1, 0.15) is 11.2 Å². The van der Waals surface area contributed by atoms with Crippen LogP contribution in [0.1, 0.15) is 36.7 Å². The Kier molecular flexibility index (Phi) is 5.44. The van der Waals surface area contributed by atoms with Gasteiger partial charge < -0.3 is 14.8 Å². The Morgan fingerprint density at radius 2 is 1.95 bits per heavy atom. The van der Waals surface area contributed by atoms with Crippen molar-refractivity contribution in [3.63, 3.8) is 0 Å². The molecule has 0 spiro atoms. The number of amides is 1. The molecule has 0 fully saturated rings. The zero-order valence-electron chi connectivity index (χ0n) is 12.8. The Bertz CT molecular complexity index is 591. The first-order valence-corrected chi connectivity index (χ1v) is 6.46. The predicted octanol–water partition coefficient (Wildman–Crippen LogP) is 2.41. The van der Waals surface area contributed by atoms with Crippen LogP contribution in [0, 0.1) is 10.1 Å². The van der Waals surface area contributed by atoms with Crippen LogP contribution in [0.3, 0.4) is 0 Å². The molecule has 1 aromatic rings. The van der Waals surface area contributed by atoms with E-state index in [9.17, 15) is 19.7 Å². The normalized spacial score (nSPS) is 10.7. The van der Waals surface area contributed by atoms with Gasteiger partial charge in [-0.15, -0.1) is 0 Å². The zero-order chi connectivity index (χ0) is 16.9. The van der Waals surface area contributed by atoms with Crippen molar-refractivity contribution in [2.24, 2.45) is 0 Å². The topological polar surface area (TPSA) is 108 Å². The summed E-state index contributed by atoms with van der Waals surface area (Å²) in [5.41, 5.74) is -0.695. The minimum absolute atomic E-state index is 0.0389. The Morgan fingerprint density at radius 1 is 1.32 bits per heavy atom. The van der Waals surface area contributed by atoms with Crippen LogP contribution in [0.4, 0.5) is 10.5 Å². The molecule has 1 aromatic carbocycles. The summed E-state index contributed by atoms with van der Waals surface area (Å²) in [5, 5.41) is 13.5. The molecule has 0 aromatic heterocycles. The fourth-order valence-electron chi connectivity index (χ4n) is 1.61. The highest BCUT2D eigenvalue weighted by Crippen LogP contribution is 2.21. The van der Waals surface area contributed by atoms with Crippen LogP contribution in [0.2, 0.25) is 0 Å². The van der Waals surface area contributed by atoms with E-state index in [2.05, 4.69) is 10.1 Å². The van der Waals surface area contributed by atoms with Crippen molar-refractivity contribution in [3.05, 3.63) is 39.4 Å². The molecule has 0 heterocycles. The van der Waals surface area contributed by atoms with Crippen molar-refractivity contribution in [1.29, 1.82) is 0 Å². The highest BCUT2D eigenvalue weighted by atomic mass is 16.6. The van der Waals surface area contributed by atoms with Crippen LogP contribution in [0.25, 0.3) is 0 Å². The summed E-state index contributed by atoms with van der Waals surface area (Å²) in [6.45, 7) is 5.21. The second kappa shape index (κ2) is 6.88. The largest absolute Gasteiger partial charge is 0.465 e. The van der Waals surface area contributed by atoms with E-state index < -0.39 is 22.6 Å². The maximum atomic E-state index is 11.5. The SMILES string of the molecule is COC(=O)c1ccc(CNC(=O)OC(C)(C)C)cc1[N+](=O)[O-]. The van der Waals surface area contributed by atoms with E-state index >= 15 is 0 Å². The molecule has 120 valence electrons. The number of nitrogens with one attached hydrogen (secondary N) is 1. The van der Waals surface area contributed by atoms with Crippen LogP contribution >= 0.6 is 0 Å². The number of nitrogens with zero attached hydrogens (tertiary/aromatic N) is 1. The Balaban J connectivity index is 2.85. The summed E-state index contributed by atoms with van der Waals surface area (Å²) >= 11 is 0. The third-order valence-electron chi connectivity index (χ3n) is 2.50. The number of methoxy groups -OCH3 is 1. The minimum Gasteiger partial charge on any atom is -0.465 e. The molecule has 1 N–H and O–H groups in total. The highest BCUT2D eigenvalue weighted by molar-refractivity contribution is 5.93. The molecule has 0 aliphatic carbocycles. The second-order valence-corrected chi connectivity index (χ2v) is 5.46. The van der Waals surface area contributed by atoms with E-state index in [1.807, 2.05) is 0 Å². The molecular formula is C14H18N2O6. The van der Waals surface area contributed by atoms with Gasteiger partial charge in [0.05, 0.1) is 12.0 Å². The quantitative estimate of drug-likeness (QED) is 0.520. The highest BCUT2D eigenvalue weighted by Gasteiger charge is 2.21. The van der Waals surface area contributed by atoms with Crippen molar-refractivity contribution >= 4 is 17.7 Å². The number of esters is 1. The lowest BCUT2D eigenvalue weighted by Gasteiger charge is -2.19. The van der Waals surface area contributed by atoms with Crippen LogP contribution in [0.5, 0.6) is 0 Å². The summed E-state index contributed by atoms with van der Waals surface area (Å²) in [4.78, 5) is 33.3. The van der Waals surface area contributed by atoms with Gasteiger partial charge >= 0.3 is 12.1 Å². The second-order valence-electron chi connectivity index (χ2n) is 5.46. The molecular weight excluding hydrogens is 292 g/mol. The van der Waals surface area contributed by atoms with Crippen molar-refractivity contribution in [2.45, 2.75) is 32.9 Å². The van der Waals surface area contributed by atoms with E-state index in [0.29, 0.717) is 5.56 Å². The van der Waals surface area contributed by atoms with Crippen LogP contribution in [0.15, 0.2) is 18.2 Å². The zero-order valence-corrected chi connectivity index (χ0v) is 12.8. The maximum absolute atomic E-state index is 11.5. The van der Waals surface area contributed by atoms with E-state index in [0.717, 1.165) is 7.11 Å². The summed E-state index contributed by atoms with van der Waals surface area (Å²) in [6, 6.07) is 4.00. The maximum Gasteiger partial charge on any atom is 0.407 e. The average molecular weight is 310 g/mol. The number of benzene rings is 1. The summed E-state index contributed by atoms with van der Waals surface area (Å²) < 4.78 is 9.55. The number of carbonyl (C=O) groups excluding carboxylic acids is 2. The van der Waals surface area contributed by atoms with Gasteiger partial charge in [-0.2, -0.15) is 0 Å². The van der Waals surface area contributed by atoms with Gasteiger partial charge in [-0.3, -0.25) is 10.1 Å². The van der Waals surface area contributed by atoms with Gasteiger partial charge in [-0.1, -0.05) is 6.07 Å². The van der Waals surface area contributed by atoms with Gasteiger partial charge in [0.15, 0.2) is 0 Å². The summed E-state index contributed by atoms with van der Waals surface area (Å²) in [6.07, 6.45) is -0.632. The number of rotatable bonds is 4. The molecule has 0 aliphatic heterocycles. The molecule has 0 atom stereocenters.